The quantitative estimate of drug-likeness (QED) is 0.773. The fourth-order valence-corrected chi connectivity index (χ4v) is 3.55. The molecule has 0 atom stereocenters. The molecule has 72 valence electrons. The molecule has 1 aliphatic rings. The van der Waals surface area contributed by atoms with E-state index in [9.17, 15) is 0 Å². The molecule has 0 amide bonds. The monoisotopic (exact) mass is 260 g/mol. The Bertz CT molecular complexity index is 320. The molecule has 0 radical (unpaired) electrons. The van der Waals surface area contributed by atoms with Crippen LogP contribution in [0.3, 0.4) is 0 Å². The van der Waals surface area contributed by atoms with E-state index in [1.54, 1.807) is 0 Å². The summed E-state index contributed by atoms with van der Waals surface area (Å²) in [6.07, 6.45) is 1.12. The van der Waals surface area contributed by atoms with Gasteiger partial charge in [-0.25, -0.2) is 0 Å². The van der Waals surface area contributed by atoms with Crippen molar-refractivity contribution in [1.82, 2.24) is 9.78 Å². The average molecular weight is 261 g/mol. The van der Waals surface area contributed by atoms with Gasteiger partial charge in [0.25, 0.3) is 0 Å². The van der Waals surface area contributed by atoms with Gasteiger partial charge in [-0.3, -0.25) is 4.68 Å². The molecule has 0 bridgehead atoms. The molecule has 1 aliphatic heterocycles. The molecule has 4 heteroatoms. The minimum atomic E-state index is 0.449. The number of nitrogens with zero attached hydrogens (tertiary/aromatic N) is 2. The van der Waals surface area contributed by atoms with Crippen LogP contribution >= 0.6 is 27.7 Å². The van der Waals surface area contributed by atoms with Gasteiger partial charge in [0.15, 0.2) is 0 Å². The van der Waals surface area contributed by atoms with Crippen molar-refractivity contribution in [2.75, 3.05) is 5.75 Å². The summed E-state index contributed by atoms with van der Waals surface area (Å²) < 4.78 is 3.26. The number of fused-ring (bicyclic) bond motifs is 1. The Hall–Kier alpha value is 0.0400. The molecular weight excluding hydrogens is 248 g/mol. The third kappa shape index (κ3) is 1.66. The summed E-state index contributed by atoms with van der Waals surface area (Å²) in [4.78, 5) is 0. The van der Waals surface area contributed by atoms with E-state index in [4.69, 9.17) is 0 Å². The first-order valence-electron chi connectivity index (χ1n) is 4.53. The predicted octanol–water partition coefficient (Wildman–Crippen LogP) is 3.02. The zero-order valence-electron chi connectivity index (χ0n) is 7.88. The second-order valence-corrected chi connectivity index (χ2v) is 5.41. The summed E-state index contributed by atoms with van der Waals surface area (Å²) in [5.41, 5.74) is 2.70. The molecule has 0 unspecified atom stereocenters. The van der Waals surface area contributed by atoms with Crippen molar-refractivity contribution in [3.63, 3.8) is 0 Å². The van der Waals surface area contributed by atoms with Gasteiger partial charge in [0.1, 0.15) is 4.60 Å². The molecule has 0 aromatic carbocycles. The Labute approximate surface area is 91.2 Å². The van der Waals surface area contributed by atoms with Crippen LogP contribution < -0.4 is 0 Å². The maximum atomic E-state index is 4.61. The van der Waals surface area contributed by atoms with Crippen molar-refractivity contribution >= 4 is 27.7 Å². The molecular formula is C9H13BrN2S. The Morgan fingerprint density at radius 3 is 2.92 bits per heavy atom. The van der Waals surface area contributed by atoms with Gasteiger partial charge in [-0.2, -0.15) is 16.9 Å². The van der Waals surface area contributed by atoms with E-state index in [2.05, 4.69) is 39.6 Å². The van der Waals surface area contributed by atoms with Crippen molar-refractivity contribution in [1.29, 1.82) is 0 Å². The van der Waals surface area contributed by atoms with Crippen molar-refractivity contribution in [3.8, 4) is 0 Å². The highest BCUT2D eigenvalue weighted by molar-refractivity contribution is 9.10. The molecule has 1 aromatic rings. The molecule has 13 heavy (non-hydrogen) atoms. The maximum absolute atomic E-state index is 4.61. The van der Waals surface area contributed by atoms with Crippen LogP contribution in [0.4, 0.5) is 0 Å². The van der Waals surface area contributed by atoms with Crippen LogP contribution in [0.25, 0.3) is 0 Å². The lowest BCUT2D eigenvalue weighted by molar-refractivity contribution is 0.517. The van der Waals surface area contributed by atoms with Crippen LogP contribution in [0, 0.1) is 0 Å². The summed E-state index contributed by atoms with van der Waals surface area (Å²) in [7, 11) is 0. The Morgan fingerprint density at radius 2 is 2.31 bits per heavy atom. The number of aryl methyl sites for hydroxylation is 1. The fraction of sp³-hybridized carbons (Fsp3) is 0.667. The highest BCUT2D eigenvalue weighted by Gasteiger charge is 2.19. The van der Waals surface area contributed by atoms with Crippen LogP contribution in [0.1, 0.15) is 31.1 Å². The molecule has 0 saturated carbocycles. The van der Waals surface area contributed by atoms with Gasteiger partial charge in [-0.05, 0) is 35.5 Å². The van der Waals surface area contributed by atoms with Crippen LogP contribution in [0.15, 0.2) is 4.60 Å². The first-order valence-corrected chi connectivity index (χ1v) is 6.48. The van der Waals surface area contributed by atoms with E-state index in [1.807, 2.05) is 11.8 Å². The van der Waals surface area contributed by atoms with Gasteiger partial charge in [0, 0.05) is 23.8 Å². The van der Waals surface area contributed by atoms with Crippen LogP contribution in [0.5, 0.6) is 0 Å². The highest BCUT2D eigenvalue weighted by atomic mass is 79.9. The van der Waals surface area contributed by atoms with E-state index < -0.39 is 0 Å². The first kappa shape index (κ1) is 9.59. The number of hydrogen-bond acceptors (Lipinski definition) is 2. The summed E-state index contributed by atoms with van der Waals surface area (Å²) in [6.45, 7) is 4.33. The zero-order valence-corrected chi connectivity index (χ0v) is 10.3. The van der Waals surface area contributed by atoms with Gasteiger partial charge in [-0.15, -0.1) is 0 Å². The fourth-order valence-electron chi connectivity index (χ4n) is 1.52. The standard InChI is InChI=1S/C9H13BrN2S/c1-6(2)12-9(10)7-5-13-4-3-8(7)11-12/h6H,3-5H2,1-2H3. The molecule has 0 N–H and O–H groups in total. The average Bonchev–Trinajstić information content (AvgIpc) is 2.45. The van der Waals surface area contributed by atoms with E-state index in [0.717, 1.165) is 12.2 Å². The number of halogens is 1. The molecule has 1 aromatic heterocycles. The summed E-state index contributed by atoms with van der Waals surface area (Å²) in [6, 6.07) is 0.449. The largest absolute Gasteiger partial charge is 0.255 e. The lowest BCUT2D eigenvalue weighted by atomic mass is 10.2. The molecule has 2 rings (SSSR count). The Morgan fingerprint density at radius 1 is 1.54 bits per heavy atom. The molecule has 0 aliphatic carbocycles. The van der Waals surface area contributed by atoms with Gasteiger partial charge in [-0.1, -0.05) is 0 Å². The number of aromatic nitrogens is 2. The van der Waals surface area contributed by atoms with Crippen molar-refractivity contribution in [2.45, 2.75) is 32.1 Å². The normalized spacial score (nSPS) is 16.3. The predicted molar refractivity (Wildman–Crippen MR) is 60.2 cm³/mol. The first-order chi connectivity index (χ1) is 6.20. The smallest absolute Gasteiger partial charge is 0.108 e. The van der Waals surface area contributed by atoms with Crippen LogP contribution in [0.2, 0.25) is 0 Å². The third-order valence-electron chi connectivity index (χ3n) is 2.25. The summed E-state index contributed by atoms with van der Waals surface area (Å²) in [5.74, 6) is 2.33. The zero-order chi connectivity index (χ0) is 9.42. The lowest BCUT2D eigenvalue weighted by Crippen LogP contribution is -2.03. The second kappa shape index (κ2) is 3.65. The second-order valence-electron chi connectivity index (χ2n) is 3.56. The number of hydrogen-bond donors (Lipinski definition) is 0. The molecule has 2 heterocycles. The Balaban J connectivity index is 2.44. The minimum absolute atomic E-state index is 0.449. The van der Waals surface area contributed by atoms with Gasteiger partial charge in [0.05, 0.1) is 5.69 Å². The van der Waals surface area contributed by atoms with Crippen molar-refractivity contribution < 1.29 is 0 Å². The van der Waals surface area contributed by atoms with Crippen molar-refractivity contribution in [3.05, 3.63) is 15.9 Å². The van der Waals surface area contributed by atoms with Crippen LogP contribution in [-0.2, 0) is 12.2 Å². The third-order valence-corrected chi connectivity index (χ3v) is 4.07. The lowest BCUT2D eigenvalue weighted by Gasteiger charge is -2.08. The summed E-state index contributed by atoms with van der Waals surface area (Å²) >= 11 is 5.62. The van der Waals surface area contributed by atoms with E-state index in [0.29, 0.717) is 6.04 Å². The van der Waals surface area contributed by atoms with Crippen molar-refractivity contribution in [2.24, 2.45) is 0 Å². The molecule has 0 fully saturated rings. The number of thioether (sulfide) groups is 1. The van der Waals surface area contributed by atoms with E-state index in [-0.39, 0.29) is 0 Å². The maximum Gasteiger partial charge on any atom is 0.108 e. The van der Waals surface area contributed by atoms with E-state index >= 15 is 0 Å². The van der Waals surface area contributed by atoms with E-state index in [1.165, 1.54) is 21.6 Å². The van der Waals surface area contributed by atoms with Gasteiger partial charge in [0.2, 0.25) is 0 Å². The number of rotatable bonds is 1. The minimum Gasteiger partial charge on any atom is -0.255 e. The molecule has 2 nitrogen and oxygen atoms in total. The Kier molecular flexibility index (Phi) is 2.70. The highest BCUT2D eigenvalue weighted by Crippen LogP contribution is 2.31. The topological polar surface area (TPSA) is 17.8 Å². The van der Waals surface area contributed by atoms with Gasteiger partial charge < -0.3 is 0 Å². The molecule has 0 saturated heterocycles. The molecule has 0 spiro atoms. The summed E-state index contributed by atoms with van der Waals surface area (Å²) in [5, 5.41) is 4.61. The SMILES string of the molecule is CC(C)n1nc2c(c1Br)CSCC2. The van der Waals surface area contributed by atoms with Crippen LogP contribution in [-0.4, -0.2) is 15.5 Å². The van der Waals surface area contributed by atoms with Gasteiger partial charge >= 0.3 is 0 Å².